The smallest absolute Gasteiger partial charge is 0.282 e. The number of thioether (sulfide) groups is 1. The highest BCUT2D eigenvalue weighted by molar-refractivity contribution is 7.98. The van der Waals surface area contributed by atoms with Gasteiger partial charge < -0.3 is 4.90 Å². The molecule has 2 aromatic carbocycles. The number of hydrogen-bond donors (Lipinski definition) is 0. The minimum absolute atomic E-state index is 0.0788. The zero-order valence-corrected chi connectivity index (χ0v) is 14.5. The van der Waals surface area contributed by atoms with Crippen LogP contribution >= 0.6 is 11.8 Å². The first-order chi connectivity index (χ1) is 12.0. The maximum absolute atomic E-state index is 13.1. The van der Waals surface area contributed by atoms with Crippen LogP contribution in [0, 0.1) is 15.9 Å². The number of nitrogens with zero attached hydrogens (tertiary/aromatic N) is 2. The minimum Gasteiger partial charge on any atom is -0.331 e. The van der Waals surface area contributed by atoms with Crippen LogP contribution in [-0.4, -0.2) is 28.0 Å². The zero-order chi connectivity index (χ0) is 18.0. The molecule has 25 heavy (non-hydrogen) atoms. The van der Waals surface area contributed by atoms with Crippen molar-refractivity contribution in [3.63, 3.8) is 0 Å². The lowest BCUT2D eigenvalue weighted by molar-refractivity contribution is -0.385. The minimum atomic E-state index is -0.527. The standard InChI is InChI=1S/C18H17FN2O3S/c1-25-15-8-9-17(21(23)24)16(10-15)18(22)20(14-6-7-14)11-12-2-4-13(19)5-3-12/h2-5,8-10,14H,6-7,11H2,1H3. The van der Waals surface area contributed by atoms with Gasteiger partial charge in [0.25, 0.3) is 11.6 Å². The summed E-state index contributed by atoms with van der Waals surface area (Å²) >= 11 is 1.43. The fourth-order valence-electron chi connectivity index (χ4n) is 2.67. The third-order valence-corrected chi connectivity index (χ3v) is 4.87. The average Bonchev–Trinajstić information content (AvgIpc) is 3.45. The first kappa shape index (κ1) is 17.4. The third kappa shape index (κ3) is 3.99. The van der Waals surface area contributed by atoms with Crippen molar-refractivity contribution in [1.82, 2.24) is 4.90 Å². The predicted octanol–water partition coefficient (Wildman–Crippen LogP) is 4.26. The van der Waals surface area contributed by atoms with E-state index in [9.17, 15) is 19.3 Å². The molecular weight excluding hydrogens is 343 g/mol. The molecule has 0 atom stereocenters. The van der Waals surface area contributed by atoms with Crippen molar-refractivity contribution in [2.45, 2.75) is 30.3 Å². The maximum Gasteiger partial charge on any atom is 0.282 e. The molecule has 0 heterocycles. The molecule has 0 unspecified atom stereocenters. The molecule has 7 heteroatoms. The van der Waals surface area contributed by atoms with Crippen LogP contribution in [0.3, 0.4) is 0 Å². The van der Waals surface area contributed by atoms with Gasteiger partial charge in [0.15, 0.2) is 0 Å². The summed E-state index contributed by atoms with van der Waals surface area (Å²) in [4.78, 5) is 26.3. The van der Waals surface area contributed by atoms with E-state index in [2.05, 4.69) is 0 Å². The van der Waals surface area contributed by atoms with Crippen molar-refractivity contribution in [1.29, 1.82) is 0 Å². The number of hydrogen-bond acceptors (Lipinski definition) is 4. The number of nitro groups is 1. The van der Waals surface area contributed by atoms with E-state index in [1.54, 1.807) is 29.2 Å². The molecule has 0 spiro atoms. The Bertz CT molecular complexity index is 806. The second kappa shape index (κ2) is 7.23. The van der Waals surface area contributed by atoms with Crippen LogP contribution in [0.25, 0.3) is 0 Å². The Morgan fingerprint density at radius 3 is 2.52 bits per heavy atom. The van der Waals surface area contributed by atoms with Gasteiger partial charge in [-0.15, -0.1) is 11.8 Å². The normalized spacial score (nSPS) is 13.5. The molecule has 0 aromatic heterocycles. The van der Waals surface area contributed by atoms with Crippen molar-refractivity contribution in [2.24, 2.45) is 0 Å². The van der Waals surface area contributed by atoms with Gasteiger partial charge in [0.1, 0.15) is 11.4 Å². The highest BCUT2D eigenvalue weighted by Gasteiger charge is 2.35. The zero-order valence-electron chi connectivity index (χ0n) is 13.6. The SMILES string of the molecule is CSc1ccc([N+](=O)[O-])c(C(=O)N(Cc2ccc(F)cc2)C2CC2)c1. The molecule has 1 aliphatic carbocycles. The van der Waals surface area contributed by atoms with Crippen molar-refractivity contribution in [3.8, 4) is 0 Å². The Morgan fingerprint density at radius 2 is 1.96 bits per heavy atom. The van der Waals surface area contributed by atoms with Gasteiger partial charge in [0, 0.05) is 23.5 Å². The molecular formula is C18H17FN2O3S. The summed E-state index contributed by atoms with van der Waals surface area (Å²) < 4.78 is 13.1. The summed E-state index contributed by atoms with van der Waals surface area (Å²) in [5.41, 5.74) is 0.712. The molecule has 0 saturated heterocycles. The summed E-state index contributed by atoms with van der Waals surface area (Å²) in [5.74, 6) is -0.689. The monoisotopic (exact) mass is 360 g/mol. The molecule has 1 saturated carbocycles. The molecule has 2 aromatic rings. The highest BCUT2D eigenvalue weighted by atomic mass is 32.2. The fourth-order valence-corrected chi connectivity index (χ4v) is 3.11. The number of carbonyl (C=O) groups excluding carboxylic acids is 1. The van der Waals surface area contributed by atoms with E-state index in [4.69, 9.17) is 0 Å². The number of carbonyl (C=O) groups is 1. The lowest BCUT2D eigenvalue weighted by Gasteiger charge is -2.23. The van der Waals surface area contributed by atoms with Gasteiger partial charge in [-0.1, -0.05) is 12.1 Å². The number of rotatable bonds is 6. The van der Waals surface area contributed by atoms with E-state index in [1.807, 2.05) is 6.26 Å². The van der Waals surface area contributed by atoms with Gasteiger partial charge in [-0.25, -0.2) is 4.39 Å². The van der Waals surface area contributed by atoms with Crippen LogP contribution in [0.2, 0.25) is 0 Å². The summed E-state index contributed by atoms with van der Waals surface area (Å²) in [7, 11) is 0. The summed E-state index contributed by atoms with van der Waals surface area (Å²) in [6, 6.07) is 10.6. The lowest BCUT2D eigenvalue weighted by Crippen LogP contribution is -2.33. The van der Waals surface area contributed by atoms with Gasteiger partial charge in [-0.2, -0.15) is 0 Å². The Hall–Kier alpha value is -2.41. The Morgan fingerprint density at radius 1 is 1.28 bits per heavy atom. The van der Waals surface area contributed by atoms with Crippen molar-refractivity contribution >= 4 is 23.4 Å². The highest BCUT2D eigenvalue weighted by Crippen LogP contribution is 2.33. The van der Waals surface area contributed by atoms with E-state index in [-0.39, 0.29) is 29.0 Å². The van der Waals surface area contributed by atoms with E-state index in [0.29, 0.717) is 6.54 Å². The number of benzene rings is 2. The topological polar surface area (TPSA) is 63.5 Å². The predicted molar refractivity (Wildman–Crippen MR) is 94.2 cm³/mol. The molecule has 5 nitrogen and oxygen atoms in total. The largest absolute Gasteiger partial charge is 0.331 e. The Kier molecular flexibility index (Phi) is 5.03. The van der Waals surface area contributed by atoms with Crippen molar-refractivity contribution in [3.05, 3.63) is 69.5 Å². The van der Waals surface area contributed by atoms with Gasteiger partial charge in [0.2, 0.25) is 0 Å². The van der Waals surface area contributed by atoms with Crippen LogP contribution in [0.5, 0.6) is 0 Å². The molecule has 1 amide bonds. The average molecular weight is 360 g/mol. The molecule has 0 bridgehead atoms. The molecule has 0 radical (unpaired) electrons. The molecule has 1 aliphatic rings. The second-order valence-electron chi connectivity index (χ2n) is 5.93. The lowest BCUT2D eigenvalue weighted by atomic mass is 10.1. The van der Waals surface area contributed by atoms with Crippen LogP contribution < -0.4 is 0 Å². The fraction of sp³-hybridized carbons (Fsp3) is 0.278. The van der Waals surface area contributed by atoms with Crippen molar-refractivity contribution in [2.75, 3.05) is 6.26 Å². The molecule has 130 valence electrons. The van der Waals surface area contributed by atoms with Gasteiger partial charge in [-0.3, -0.25) is 14.9 Å². The molecule has 3 rings (SSSR count). The van der Waals surface area contributed by atoms with Gasteiger partial charge in [0.05, 0.1) is 4.92 Å². The van der Waals surface area contributed by atoms with E-state index >= 15 is 0 Å². The molecule has 0 N–H and O–H groups in total. The third-order valence-electron chi connectivity index (χ3n) is 4.15. The number of nitro benzene ring substituents is 1. The Labute approximate surface area is 149 Å². The summed E-state index contributed by atoms with van der Waals surface area (Å²) in [5, 5.41) is 11.3. The van der Waals surface area contributed by atoms with E-state index < -0.39 is 4.92 Å². The quantitative estimate of drug-likeness (QED) is 0.439. The van der Waals surface area contributed by atoms with Crippen LogP contribution in [0.15, 0.2) is 47.4 Å². The van der Waals surface area contributed by atoms with E-state index in [1.165, 1.54) is 30.0 Å². The van der Waals surface area contributed by atoms with Gasteiger partial charge in [-0.05, 0) is 48.9 Å². The first-order valence-corrected chi connectivity index (χ1v) is 9.10. The summed E-state index contributed by atoms with van der Waals surface area (Å²) in [6.07, 6.45) is 3.61. The summed E-state index contributed by atoms with van der Waals surface area (Å²) in [6.45, 7) is 0.310. The number of amides is 1. The van der Waals surface area contributed by atoms with E-state index in [0.717, 1.165) is 23.3 Å². The number of halogens is 1. The van der Waals surface area contributed by atoms with Crippen LogP contribution in [-0.2, 0) is 6.54 Å². The molecule has 1 fully saturated rings. The molecule has 0 aliphatic heterocycles. The van der Waals surface area contributed by atoms with Crippen LogP contribution in [0.1, 0.15) is 28.8 Å². The first-order valence-electron chi connectivity index (χ1n) is 7.87. The second-order valence-corrected chi connectivity index (χ2v) is 6.81. The Balaban J connectivity index is 1.93. The maximum atomic E-state index is 13.1. The van der Waals surface area contributed by atoms with Crippen LogP contribution in [0.4, 0.5) is 10.1 Å². The van der Waals surface area contributed by atoms with Gasteiger partial charge >= 0.3 is 0 Å². The van der Waals surface area contributed by atoms with Crippen molar-refractivity contribution < 1.29 is 14.1 Å².